The maximum Gasteiger partial charge on any atom is 0.344 e. The minimum absolute atomic E-state index is 0.0580. The fraction of sp³-hybridized carbons (Fsp3) is 0.238. The van der Waals surface area contributed by atoms with Gasteiger partial charge in [0.15, 0.2) is 0 Å². The number of thioether (sulfide) groups is 1. The van der Waals surface area contributed by atoms with Gasteiger partial charge in [-0.1, -0.05) is 54.6 Å². The molecule has 6 heteroatoms. The topological polar surface area (TPSA) is 44.1 Å². The number of carbonyl (C=O) groups is 1. The van der Waals surface area contributed by atoms with E-state index in [1.807, 2.05) is 35.7 Å². The highest BCUT2D eigenvalue weighted by atomic mass is 32.2. The second kappa shape index (κ2) is 9.33. The number of hydrogen-bond acceptors (Lipinski definition) is 3. The van der Waals surface area contributed by atoms with E-state index in [0.717, 1.165) is 16.0 Å². The van der Waals surface area contributed by atoms with E-state index in [1.165, 1.54) is 0 Å². The molecule has 140 valence electrons. The predicted molar refractivity (Wildman–Crippen MR) is 106 cm³/mol. The quantitative estimate of drug-likeness (QED) is 0.598. The fourth-order valence-corrected chi connectivity index (χ4v) is 3.19. The molecule has 27 heavy (non-hydrogen) atoms. The highest BCUT2D eigenvalue weighted by molar-refractivity contribution is 8.12. The number of rotatable bonds is 7. The first-order valence-corrected chi connectivity index (χ1v) is 9.36. The molecule has 1 amide bonds. The largest absolute Gasteiger partial charge is 0.344 e. The minimum atomic E-state index is -3.68. The van der Waals surface area contributed by atoms with E-state index in [2.05, 4.69) is 0 Å². The molecule has 0 aliphatic carbocycles. The van der Waals surface area contributed by atoms with Gasteiger partial charge in [0.1, 0.15) is 5.40 Å². The molecular weight excluding hydrogens is 366 g/mol. The molecule has 2 aromatic rings. The van der Waals surface area contributed by atoms with E-state index in [0.29, 0.717) is 23.4 Å². The summed E-state index contributed by atoms with van der Waals surface area (Å²) in [6.45, 7) is 3.69. The number of hydrogen-bond donors (Lipinski definition) is 0. The lowest BCUT2D eigenvalue weighted by Crippen LogP contribution is -2.42. The molecule has 0 radical (unpaired) electrons. The molecule has 2 rings (SSSR count). The minimum Gasteiger partial charge on any atom is -0.338 e. The number of nitriles is 1. The van der Waals surface area contributed by atoms with Gasteiger partial charge >= 0.3 is 5.92 Å². The van der Waals surface area contributed by atoms with Crippen LogP contribution in [0.3, 0.4) is 0 Å². The molecular formula is C21H20F2N2OS. The lowest BCUT2D eigenvalue weighted by Gasteiger charge is -2.23. The van der Waals surface area contributed by atoms with Crippen LogP contribution in [0.25, 0.3) is 16.0 Å². The zero-order valence-corrected chi connectivity index (χ0v) is 16.0. The van der Waals surface area contributed by atoms with Crippen molar-refractivity contribution in [2.75, 3.05) is 13.1 Å². The van der Waals surface area contributed by atoms with Crippen molar-refractivity contribution < 1.29 is 13.6 Å². The Hall–Kier alpha value is -2.65. The number of alkyl halides is 2. The van der Waals surface area contributed by atoms with Crippen molar-refractivity contribution in [2.45, 2.75) is 19.8 Å². The lowest BCUT2D eigenvalue weighted by atomic mass is 10.0. The van der Waals surface area contributed by atoms with Gasteiger partial charge < -0.3 is 4.90 Å². The summed E-state index contributed by atoms with van der Waals surface area (Å²) in [7, 11) is 0. The second-order valence-corrected chi connectivity index (χ2v) is 6.57. The molecule has 0 spiro atoms. The molecule has 0 fully saturated rings. The summed E-state index contributed by atoms with van der Waals surface area (Å²) in [6, 6.07) is 16.6. The van der Waals surface area contributed by atoms with Crippen LogP contribution in [0.15, 0.2) is 60.7 Å². The monoisotopic (exact) mass is 386 g/mol. The van der Waals surface area contributed by atoms with E-state index in [-0.39, 0.29) is 18.0 Å². The molecule has 0 heterocycles. The Balaban J connectivity index is 2.35. The van der Waals surface area contributed by atoms with E-state index in [4.69, 9.17) is 5.26 Å². The van der Waals surface area contributed by atoms with Gasteiger partial charge in [0.25, 0.3) is 5.91 Å². The summed E-state index contributed by atoms with van der Waals surface area (Å²) in [5, 5.41) is 10.8. The Bertz CT molecular complexity index is 839. The molecule has 0 atom stereocenters. The molecule has 0 aliphatic heterocycles. The Morgan fingerprint density at radius 1 is 1.07 bits per heavy atom. The van der Waals surface area contributed by atoms with E-state index in [1.54, 1.807) is 38.1 Å². The van der Waals surface area contributed by atoms with Crippen LogP contribution in [0, 0.1) is 10.7 Å². The van der Waals surface area contributed by atoms with Crippen LogP contribution in [0.2, 0.25) is 0 Å². The smallest absolute Gasteiger partial charge is 0.338 e. The summed E-state index contributed by atoms with van der Waals surface area (Å²) in [6.07, 6.45) is 0.582. The third kappa shape index (κ3) is 5.18. The first-order chi connectivity index (χ1) is 12.9. The van der Waals surface area contributed by atoms with Gasteiger partial charge in [0.2, 0.25) is 0 Å². The van der Waals surface area contributed by atoms with Crippen LogP contribution in [0.4, 0.5) is 8.78 Å². The number of amides is 1. The highest BCUT2D eigenvalue weighted by Crippen LogP contribution is 2.33. The van der Waals surface area contributed by atoms with Gasteiger partial charge in [-0.25, -0.2) is 0 Å². The Kier molecular flexibility index (Phi) is 7.14. The van der Waals surface area contributed by atoms with Crippen LogP contribution in [0.1, 0.15) is 19.4 Å². The van der Waals surface area contributed by atoms with Crippen molar-refractivity contribution in [1.29, 1.82) is 5.26 Å². The van der Waals surface area contributed by atoms with Crippen molar-refractivity contribution >= 4 is 22.6 Å². The zero-order chi connectivity index (χ0) is 19.9. The molecule has 0 aromatic heterocycles. The van der Waals surface area contributed by atoms with Crippen LogP contribution >= 0.6 is 11.8 Å². The van der Waals surface area contributed by atoms with Gasteiger partial charge in [-0.3, -0.25) is 4.79 Å². The number of thiocyanates is 1. The normalized spacial score (nSPS) is 11.7. The van der Waals surface area contributed by atoms with E-state index in [9.17, 15) is 13.6 Å². The number of nitrogens with zero attached hydrogens (tertiary/aromatic N) is 2. The van der Waals surface area contributed by atoms with Crippen molar-refractivity contribution in [3.63, 3.8) is 0 Å². The summed E-state index contributed by atoms with van der Waals surface area (Å²) in [5.74, 6) is -4.94. The first-order valence-electron chi connectivity index (χ1n) is 8.54. The van der Waals surface area contributed by atoms with Gasteiger partial charge in [0.05, 0.1) is 0 Å². The van der Waals surface area contributed by atoms with Crippen molar-refractivity contribution in [3.8, 4) is 16.5 Å². The Labute approximate surface area is 162 Å². The zero-order valence-electron chi connectivity index (χ0n) is 15.2. The standard InChI is InChI=1S/C21H20F2N2OS/c1-3-25(4-2)20(26)21(22,23)14-19(27-15-24)18-12-10-17(11-13-18)16-8-6-5-7-9-16/h5-14H,3-4H2,1-2H3/b19-14+. The maximum atomic E-state index is 14.5. The molecule has 0 N–H and O–H groups in total. The number of benzene rings is 2. The molecule has 0 unspecified atom stereocenters. The average Bonchev–Trinajstić information content (AvgIpc) is 2.69. The maximum absolute atomic E-state index is 14.5. The third-order valence-electron chi connectivity index (χ3n) is 4.08. The number of halogens is 2. The van der Waals surface area contributed by atoms with Crippen LogP contribution in [-0.2, 0) is 4.79 Å². The third-order valence-corrected chi connectivity index (χ3v) is 4.75. The van der Waals surface area contributed by atoms with E-state index >= 15 is 0 Å². The van der Waals surface area contributed by atoms with Crippen LogP contribution in [-0.4, -0.2) is 29.8 Å². The molecule has 0 bridgehead atoms. The van der Waals surface area contributed by atoms with E-state index < -0.39 is 11.8 Å². The van der Waals surface area contributed by atoms with Gasteiger partial charge in [-0.2, -0.15) is 14.0 Å². The highest BCUT2D eigenvalue weighted by Gasteiger charge is 2.39. The predicted octanol–water partition coefficient (Wildman–Crippen LogP) is 5.41. The van der Waals surface area contributed by atoms with Crippen LogP contribution < -0.4 is 0 Å². The molecule has 3 nitrogen and oxygen atoms in total. The average molecular weight is 386 g/mol. The van der Waals surface area contributed by atoms with Gasteiger partial charge in [0, 0.05) is 24.1 Å². The van der Waals surface area contributed by atoms with Crippen molar-refractivity contribution in [3.05, 3.63) is 66.2 Å². The summed E-state index contributed by atoms with van der Waals surface area (Å²) >= 11 is 0.618. The van der Waals surface area contributed by atoms with Crippen LogP contribution in [0.5, 0.6) is 0 Å². The molecule has 0 saturated carbocycles. The van der Waals surface area contributed by atoms with Gasteiger partial charge in [-0.15, -0.1) is 0 Å². The number of carbonyl (C=O) groups excluding carboxylic acids is 1. The fourth-order valence-electron chi connectivity index (χ4n) is 2.63. The lowest BCUT2D eigenvalue weighted by molar-refractivity contribution is -0.150. The summed E-state index contributed by atoms with van der Waals surface area (Å²) in [5.41, 5.74) is 2.41. The summed E-state index contributed by atoms with van der Waals surface area (Å²) in [4.78, 5) is 13.2. The van der Waals surface area contributed by atoms with Gasteiger partial charge in [-0.05, 0) is 42.3 Å². The molecule has 0 saturated heterocycles. The molecule has 0 aliphatic rings. The van der Waals surface area contributed by atoms with Crippen molar-refractivity contribution in [1.82, 2.24) is 4.90 Å². The first kappa shape index (κ1) is 20.7. The Morgan fingerprint density at radius 2 is 1.63 bits per heavy atom. The Morgan fingerprint density at radius 3 is 2.15 bits per heavy atom. The van der Waals surface area contributed by atoms with Crippen molar-refractivity contribution in [2.24, 2.45) is 0 Å². The molecule has 2 aromatic carbocycles. The summed E-state index contributed by atoms with van der Waals surface area (Å²) < 4.78 is 28.9. The second-order valence-electron chi connectivity index (χ2n) is 5.75. The SMILES string of the molecule is CCN(CC)C(=O)C(F)(F)/C=C(/SC#N)c1ccc(-c2ccccc2)cc1.